The second-order valence-electron chi connectivity index (χ2n) is 4.76. The second kappa shape index (κ2) is 4.79. The smallest absolute Gasteiger partial charge is 0.408 e. The number of rotatable bonds is 1. The maximum Gasteiger partial charge on any atom is 0.408 e. The van der Waals surface area contributed by atoms with Gasteiger partial charge < -0.3 is 15.4 Å². The van der Waals surface area contributed by atoms with Gasteiger partial charge >= 0.3 is 6.09 Å². The minimum Gasteiger partial charge on any atom is -0.444 e. The summed E-state index contributed by atoms with van der Waals surface area (Å²) >= 11 is 0. The third-order valence-corrected chi connectivity index (χ3v) is 2.10. The van der Waals surface area contributed by atoms with E-state index >= 15 is 0 Å². The van der Waals surface area contributed by atoms with Crippen molar-refractivity contribution in [2.75, 3.05) is 13.1 Å². The van der Waals surface area contributed by atoms with E-state index in [1.54, 1.807) is 20.8 Å². The molecule has 15 heavy (non-hydrogen) atoms. The van der Waals surface area contributed by atoms with Gasteiger partial charge in [0, 0.05) is 6.54 Å². The summed E-state index contributed by atoms with van der Waals surface area (Å²) in [7, 11) is 0. The molecular weight excluding hydrogens is 199 g/mol. The Labute approximate surface area is 89.6 Å². The van der Waals surface area contributed by atoms with E-state index in [0.29, 0.717) is 19.5 Å². The first kappa shape index (κ1) is 12.2. The van der Waals surface area contributed by atoms with Crippen LogP contribution in [-0.2, 0) is 4.74 Å². The van der Waals surface area contributed by atoms with Gasteiger partial charge in [-0.1, -0.05) is 0 Å². The molecule has 1 amide bonds. The maximum atomic E-state index is 13.3. The zero-order valence-electron chi connectivity index (χ0n) is 9.47. The van der Waals surface area contributed by atoms with Gasteiger partial charge in [-0.05, 0) is 33.7 Å². The molecule has 0 radical (unpaired) electrons. The Hall–Kier alpha value is -0.840. The van der Waals surface area contributed by atoms with Gasteiger partial charge in [0.25, 0.3) is 0 Å². The molecule has 0 aromatic heterocycles. The van der Waals surface area contributed by atoms with Crippen LogP contribution in [0.15, 0.2) is 0 Å². The van der Waals surface area contributed by atoms with Crippen LogP contribution in [0.25, 0.3) is 0 Å². The van der Waals surface area contributed by atoms with E-state index in [9.17, 15) is 9.18 Å². The third-order valence-electron chi connectivity index (χ3n) is 2.10. The van der Waals surface area contributed by atoms with Gasteiger partial charge in [-0.2, -0.15) is 0 Å². The molecule has 5 heteroatoms. The van der Waals surface area contributed by atoms with Gasteiger partial charge in [0.1, 0.15) is 11.8 Å². The molecule has 1 fully saturated rings. The van der Waals surface area contributed by atoms with Crippen molar-refractivity contribution >= 4 is 6.09 Å². The van der Waals surface area contributed by atoms with Crippen molar-refractivity contribution in [3.8, 4) is 0 Å². The quantitative estimate of drug-likeness (QED) is 0.695. The number of carbonyl (C=O) groups excluding carboxylic acids is 1. The van der Waals surface area contributed by atoms with Gasteiger partial charge in [-0.3, -0.25) is 0 Å². The fourth-order valence-electron chi connectivity index (χ4n) is 1.43. The average molecular weight is 218 g/mol. The first-order chi connectivity index (χ1) is 6.88. The van der Waals surface area contributed by atoms with Gasteiger partial charge in [0.2, 0.25) is 0 Å². The molecule has 1 heterocycles. The molecule has 88 valence electrons. The van der Waals surface area contributed by atoms with E-state index < -0.39 is 23.9 Å². The topological polar surface area (TPSA) is 50.4 Å². The lowest BCUT2D eigenvalue weighted by atomic mass is 10.1. The number of nitrogens with one attached hydrogen (secondary N) is 2. The summed E-state index contributed by atoms with van der Waals surface area (Å²) < 4.78 is 18.4. The highest BCUT2D eigenvalue weighted by atomic mass is 19.1. The first-order valence-corrected chi connectivity index (χ1v) is 5.23. The summed E-state index contributed by atoms with van der Waals surface area (Å²) in [4.78, 5) is 11.3. The Balaban J connectivity index is 2.36. The van der Waals surface area contributed by atoms with E-state index in [1.165, 1.54) is 0 Å². The van der Waals surface area contributed by atoms with E-state index in [0.717, 1.165) is 0 Å². The molecule has 1 unspecified atom stereocenters. The molecular formula is C10H19FN2O2. The minimum absolute atomic E-state index is 0.431. The summed E-state index contributed by atoms with van der Waals surface area (Å²) in [6, 6.07) is -0.478. The Morgan fingerprint density at radius 1 is 1.53 bits per heavy atom. The molecule has 2 N–H and O–H groups in total. The van der Waals surface area contributed by atoms with Crippen molar-refractivity contribution in [3.63, 3.8) is 0 Å². The van der Waals surface area contributed by atoms with Crippen LogP contribution >= 0.6 is 0 Å². The standard InChI is InChI=1S/C10H19FN2O2/c1-10(2,3)15-9(14)13-8-6-12-5-4-7(8)11/h7-8,12H,4-6H2,1-3H3,(H,13,14)/t7-,8?/m1/s1. The monoisotopic (exact) mass is 218 g/mol. The van der Waals surface area contributed by atoms with E-state index in [-0.39, 0.29) is 0 Å². The molecule has 0 aliphatic carbocycles. The van der Waals surface area contributed by atoms with Crippen LogP contribution in [0.2, 0.25) is 0 Å². The van der Waals surface area contributed by atoms with Gasteiger partial charge in [0.15, 0.2) is 0 Å². The molecule has 0 aromatic rings. The van der Waals surface area contributed by atoms with E-state index in [2.05, 4.69) is 10.6 Å². The van der Waals surface area contributed by atoms with Crippen molar-refractivity contribution in [1.29, 1.82) is 0 Å². The predicted octanol–water partition coefficient (Wildman–Crippen LogP) is 1.21. The van der Waals surface area contributed by atoms with Gasteiger partial charge in [0.05, 0.1) is 6.04 Å². The van der Waals surface area contributed by atoms with Crippen LogP contribution in [0, 0.1) is 0 Å². The molecule has 1 aliphatic rings. The number of amides is 1. The molecule has 0 spiro atoms. The van der Waals surface area contributed by atoms with Crippen molar-refractivity contribution in [1.82, 2.24) is 10.6 Å². The highest BCUT2D eigenvalue weighted by molar-refractivity contribution is 5.68. The Kier molecular flexibility index (Phi) is 3.90. The maximum absolute atomic E-state index is 13.3. The number of alkyl carbamates (subject to hydrolysis) is 1. The lowest BCUT2D eigenvalue weighted by Crippen LogP contribution is -2.53. The Bertz CT molecular complexity index is 228. The molecule has 2 atom stereocenters. The Morgan fingerprint density at radius 2 is 2.20 bits per heavy atom. The zero-order valence-corrected chi connectivity index (χ0v) is 9.47. The molecule has 1 aliphatic heterocycles. The number of piperidine rings is 1. The fourth-order valence-corrected chi connectivity index (χ4v) is 1.43. The Morgan fingerprint density at radius 3 is 2.73 bits per heavy atom. The number of hydrogen-bond donors (Lipinski definition) is 2. The van der Waals surface area contributed by atoms with Gasteiger partial charge in [-0.25, -0.2) is 9.18 Å². The average Bonchev–Trinajstić information content (AvgIpc) is 2.05. The van der Waals surface area contributed by atoms with Crippen LogP contribution in [0.3, 0.4) is 0 Å². The van der Waals surface area contributed by atoms with Crippen molar-refractivity contribution < 1.29 is 13.9 Å². The zero-order chi connectivity index (χ0) is 11.5. The highest BCUT2D eigenvalue weighted by Crippen LogP contribution is 2.10. The summed E-state index contributed by atoms with van der Waals surface area (Å²) in [5, 5.41) is 5.55. The summed E-state index contributed by atoms with van der Waals surface area (Å²) in [6.07, 6.45) is -1.11. The number of ether oxygens (including phenoxy) is 1. The molecule has 0 bridgehead atoms. The molecule has 0 aromatic carbocycles. The summed E-state index contributed by atoms with van der Waals surface area (Å²) in [5.74, 6) is 0. The summed E-state index contributed by atoms with van der Waals surface area (Å²) in [5.41, 5.74) is -0.544. The number of alkyl halides is 1. The van der Waals surface area contributed by atoms with Crippen LogP contribution < -0.4 is 10.6 Å². The van der Waals surface area contributed by atoms with Crippen LogP contribution in [0.5, 0.6) is 0 Å². The van der Waals surface area contributed by atoms with Crippen molar-refractivity contribution in [2.45, 2.75) is 45.0 Å². The van der Waals surface area contributed by atoms with Crippen LogP contribution in [-0.4, -0.2) is 37.0 Å². The van der Waals surface area contributed by atoms with E-state index in [4.69, 9.17) is 4.74 Å². The molecule has 1 rings (SSSR count). The highest BCUT2D eigenvalue weighted by Gasteiger charge is 2.27. The first-order valence-electron chi connectivity index (χ1n) is 5.23. The van der Waals surface area contributed by atoms with Crippen molar-refractivity contribution in [2.24, 2.45) is 0 Å². The van der Waals surface area contributed by atoms with E-state index in [1.807, 2.05) is 0 Å². The lowest BCUT2D eigenvalue weighted by molar-refractivity contribution is 0.0459. The third kappa shape index (κ3) is 4.46. The number of carbonyl (C=O) groups is 1. The summed E-state index contributed by atoms with van der Waals surface area (Å²) in [6.45, 7) is 6.45. The molecule has 1 saturated heterocycles. The molecule has 0 saturated carbocycles. The van der Waals surface area contributed by atoms with Gasteiger partial charge in [-0.15, -0.1) is 0 Å². The van der Waals surface area contributed by atoms with Crippen LogP contribution in [0.1, 0.15) is 27.2 Å². The lowest BCUT2D eigenvalue weighted by Gasteiger charge is -2.28. The normalized spacial score (nSPS) is 27.2. The number of halogens is 1. The predicted molar refractivity (Wildman–Crippen MR) is 55.5 cm³/mol. The van der Waals surface area contributed by atoms with Crippen LogP contribution in [0.4, 0.5) is 9.18 Å². The second-order valence-corrected chi connectivity index (χ2v) is 4.76. The largest absolute Gasteiger partial charge is 0.444 e. The molecule has 4 nitrogen and oxygen atoms in total. The SMILES string of the molecule is CC(C)(C)OC(=O)NC1CNCC[C@H]1F. The minimum atomic E-state index is -0.987. The fraction of sp³-hybridized carbons (Fsp3) is 0.900. The van der Waals surface area contributed by atoms with Crippen molar-refractivity contribution in [3.05, 3.63) is 0 Å². The number of hydrogen-bond acceptors (Lipinski definition) is 3.